The molecule has 1 unspecified atom stereocenters. The van der Waals surface area contributed by atoms with Crippen molar-refractivity contribution in [2.45, 2.75) is 12.5 Å². The van der Waals surface area contributed by atoms with Gasteiger partial charge in [0.1, 0.15) is 11.9 Å². The first-order chi connectivity index (χ1) is 7.20. The summed E-state index contributed by atoms with van der Waals surface area (Å²) in [5.74, 6) is 0.0935. The molecule has 1 aromatic carbocycles. The Morgan fingerprint density at radius 3 is 3.00 bits per heavy atom. The minimum Gasteiger partial charge on any atom is -0.391 e. The maximum atomic E-state index is 13.2. The van der Waals surface area contributed by atoms with E-state index >= 15 is 0 Å². The van der Waals surface area contributed by atoms with Crippen molar-refractivity contribution in [2.75, 3.05) is 5.88 Å². The Balaban J connectivity index is 2.21. The van der Waals surface area contributed by atoms with E-state index in [9.17, 15) is 4.39 Å². The van der Waals surface area contributed by atoms with Gasteiger partial charge < -0.3 is 4.84 Å². The highest BCUT2D eigenvalue weighted by Crippen LogP contribution is 2.21. The van der Waals surface area contributed by atoms with E-state index in [0.717, 1.165) is 11.3 Å². The summed E-state index contributed by atoms with van der Waals surface area (Å²) in [5.41, 5.74) is 1.48. The number of hydrogen-bond acceptors (Lipinski definition) is 2. The van der Waals surface area contributed by atoms with Gasteiger partial charge in [-0.25, -0.2) is 4.39 Å². The Kier molecular flexibility index (Phi) is 3.26. The number of alkyl halides is 1. The largest absolute Gasteiger partial charge is 0.391 e. The molecule has 0 spiro atoms. The molecule has 0 fully saturated rings. The second kappa shape index (κ2) is 4.49. The van der Waals surface area contributed by atoms with Crippen molar-refractivity contribution in [3.05, 3.63) is 34.1 Å². The number of rotatable bonds is 2. The zero-order valence-electron chi connectivity index (χ0n) is 7.71. The first kappa shape index (κ1) is 10.9. The van der Waals surface area contributed by atoms with Gasteiger partial charge in [0.05, 0.1) is 16.1 Å². The van der Waals surface area contributed by atoms with Gasteiger partial charge in [-0.2, -0.15) is 0 Å². The monoisotopic (exact) mass is 291 g/mol. The Labute approximate surface area is 100 Å². The molecule has 1 aromatic rings. The normalized spacial score (nSPS) is 19.9. The molecule has 5 heteroatoms. The molecule has 0 saturated carbocycles. The number of hydrogen-bond donors (Lipinski definition) is 0. The third-order valence-corrected chi connectivity index (χ3v) is 3.15. The molecule has 0 aromatic heterocycles. The smallest absolute Gasteiger partial charge is 0.146 e. The van der Waals surface area contributed by atoms with E-state index in [4.69, 9.17) is 16.4 Å². The van der Waals surface area contributed by atoms with Crippen molar-refractivity contribution >= 4 is 33.2 Å². The van der Waals surface area contributed by atoms with Crippen molar-refractivity contribution in [3.63, 3.8) is 0 Å². The summed E-state index contributed by atoms with van der Waals surface area (Å²) in [5, 5.41) is 3.88. The maximum absolute atomic E-state index is 13.2. The van der Waals surface area contributed by atoms with Crippen LogP contribution in [0.15, 0.2) is 27.8 Å². The van der Waals surface area contributed by atoms with E-state index in [0.29, 0.717) is 16.8 Å². The van der Waals surface area contributed by atoms with Gasteiger partial charge in [-0.15, -0.1) is 11.6 Å². The highest BCUT2D eigenvalue weighted by Gasteiger charge is 2.21. The summed E-state index contributed by atoms with van der Waals surface area (Å²) in [4.78, 5) is 5.06. The molecule has 1 aliphatic heterocycles. The fraction of sp³-hybridized carbons (Fsp3) is 0.300. The van der Waals surface area contributed by atoms with Crippen LogP contribution in [0.3, 0.4) is 0 Å². The summed E-state index contributed by atoms with van der Waals surface area (Å²) in [6, 6.07) is 4.88. The van der Waals surface area contributed by atoms with Crippen molar-refractivity contribution in [1.82, 2.24) is 0 Å². The number of benzene rings is 1. The minimum absolute atomic E-state index is 0.0895. The molecule has 1 heterocycles. The van der Waals surface area contributed by atoms with Gasteiger partial charge in [0.2, 0.25) is 0 Å². The third-order valence-electron chi connectivity index (χ3n) is 2.16. The standard InChI is InChI=1S/C10H8BrClFNO/c11-8-2-1-6(3-9(8)13)10-4-7(5-12)15-14-10/h1-3,7H,4-5H2. The van der Waals surface area contributed by atoms with E-state index in [-0.39, 0.29) is 11.9 Å². The van der Waals surface area contributed by atoms with Crippen LogP contribution >= 0.6 is 27.5 Å². The molecule has 0 aliphatic carbocycles. The molecule has 0 N–H and O–H groups in total. The van der Waals surface area contributed by atoms with E-state index < -0.39 is 0 Å². The van der Waals surface area contributed by atoms with Crippen LogP contribution in [0, 0.1) is 5.82 Å². The molecular formula is C10H8BrClFNO. The zero-order valence-corrected chi connectivity index (χ0v) is 10.1. The maximum Gasteiger partial charge on any atom is 0.146 e. The van der Waals surface area contributed by atoms with Crippen LogP contribution in [0.5, 0.6) is 0 Å². The number of nitrogens with zero attached hydrogens (tertiary/aromatic N) is 1. The highest BCUT2D eigenvalue weighted by molar-refractivity contribution is 9.10. The molecule has 2 nitrogen and oxygen atoms in total. The van der Waals surface area contributed by atoms with E-state index in [2.05, 4.69) is 21.1 Å². The molecule has 0 bridgehead atoms. The molecule has 2 rings (SSSR count). The Morgan fingerprint density at radius 1 is 1.60 bits per heavy atom. The van der Waals surface area contributed by atoms with Crippen LogP contribution in [0.2, 0.25) is 0 Å². The molecular weight excluding hydrogens is 284 g/mol. The van der Waals surface area contributed by atoms with Gasteiger partial charge in [0.15, 0.2) is 0 Å². The van der Waals surface area contributed by atoms with Gasteiger partial charge in [-0.3, -0.25) is 0 Å². The Bertz CT molecular complexity index is 410. The van der Waals surface area contributed by atoms with Gasteiger partial charge in [-0.05, 0) is 28.1 Å². The summed E-state index contributed by atoms with van der Waals surface area (Å²) in [7, 11) is 0. The molecule has 15 heavy (non-hydrogen) atoms. The third kappa shape index (κ3) is 2.32. The van der Waals surface area contributed by atoms with Gasteiger partial charge >= 0.3 is 0 Å². The molecule has 0 amide bonds. The molecule has 80 valence electrons. The summed E-state index contributed by atoms with van der Waals surface area (Å²) < 4.78 is 13.7. The van der Waals surface area contributed by atoms with Crippen molar-refractivity contribution < 1.29 is 9.23 Å². The van der Waals surface area contributed by atoms with Gasteiger partial charge in [-0.1, -0.05) is 11.2 Å². The molecule has 1 aliphatic rings. The van der Waals surface area contributed by atoms with Gasteiger partial charge in [0.25, 0.3) is 0 Å². The number of halogens is 3. The highest BCUT2D eigenvalue weighted by atomic mass is 79.9. The zero-order chi connectivity index (χ0) is 10.8. The lowest BCUT2D eigenvalue weighted by Gasteiger charge is -2.02. The second-order valence-electron chi connectivity index (χ2n) is 3.25. The van der Waals surface area contributed by atoms with E-state index in [1.807, 2.05) is 0 Å². The number of oxime groups is 1. The molecule has 0 saturated heterocycles. The summed E-state index contributed by atoms with van der Waals surface area (Å²) in [6.45, 7) is 0. The lowest BCUT2D eigenvalue weighted by molar-refractivity contribution is 0.102. The van der Waals surface area contributed by atoms with Crippen LogP contribution in [0.4, 0.5) is 4.39 Å². The molecule has 0 radical (unpaired) electrons. The average Bonchev–Trinajstić information content (AvgIpc) is 2.70. The van der Waals surface area contributed by atoms with Crippen LogP contribution in [0.1, 0.15) is 12.0 Å². The fourth-order valence-corrected chi connectivity index (χ4v) is 1.77. The summed E-state index contributed by atoms with van der Waals surface area (Å²) >= 11 is 8.73. The van der Waals surface area contributed by atoms with Crippen LogP contribution in [-0.4, -0.2) is 17.7 Å². The topological polar surface area (TPSA) is 21.6 Å². The van der Waals surface area contributed by atoms with Crippen LogP contribution in [-0.2, 0) is 4.84 Å². The van der Waals surface area contributed by atoms with E-state index in [1.54, 1.807) is 12.1 Å². The van der Waals surface area contributed by atoms with Crippen LogP contribution < -0.4 is 0 Å². The average molecular weight is 293 g/mol. The first-order valence-electron chi connectivity index (χ1n) is 4.45. The van der Waals surface area contributed by atoms with Gasteiger partial charge in [0, 0.05) is 12.0 Å². The van der Waals surface area contributed by atoms with Crippen molar-refractivity contribution in [2.24, 2.45) is 5.16 Å². The summed E-state index contributed by atoms with van der Waals surface area (Å²) in [6.07, 6.45) is 0.540. The molecule has 1 atom stereocenters. The van der Waals surface area contributed by atoms with E-state index in [1.165, 1.54) is 6.07 Å². The van der Waals surface area contributed by atoms with Crippen LogP contribution in [0.25, 0.3) is 0 Å². The first-order valence-corrected chi connectivity index (χ1v) is 5.77. The Hall–Kier alpha value is -0.610. The van der Waals surface area contributed by atoms with Crippen molar-refractivity contribution in [1.29, 1.82) is 0 Å². The minimum atomic E-state index is -0.301. The predicted molar refractivity (Wildman–Crippen MR) is 60.8 cm³/mol. The predicted octanol–water partition coefficient (Wildman–Crippen LogP) is 3.32. The Morgan fingerprint density at radius 2 is 2.40 bits per heavy atom. The fourth-order valence-electron chi connectivity index (χ4n) is 1.36. The quantitative estimate of drug-likeness (QED) is 0.766. The second-order valence-corrected chi connectivity index (χ2v) is 4.42. The lowest BCUT2D eigenvalue weighted by atomic mass is 10.1. The van der Waals surface area contributed by atoms with Crippen molar-refractivity contribution in [3.8, 4) is 0 Å². The lowest BCUT2D eigenvalue weighted by Crippen LogP contribution is -2.09. The SMILES string of the molecule is Fc1cc(C2=NOC(CCl)C2)ccc1Br.